The predicted octanol–water partition coefficient (Wildman–Crippen LogP) is 4.48. The minimum atomic E-state index is -0.320. The Morgan fingerprint density at radius 3 is 2.62 bits per heavy atom. The Kier molecular flexibility index (Phi) is 5.37. The minimum Gasteiger partial charge on any atom is -0.368 e. The number of aryl methyl sites for hydroxylation is 1. The fourth-order valence-corrected chi connectivity index (χ4v) is 4.71. The second-order valence-electron chi connectivity index (χ2n) is 8.89. The van der Waals surface area contributed by atoms with E-state index in [0.717, 1.165) is 27.9 Å². The van der Waals surface area contributed by atoms with Gasteiger partial charge in [0.2, 0.25) is 5.95 Å². The standard InChI is InChI=1S/C28H24N8O/c1-17(32-26-25-22(12-7-13-30-25)33-28(29)34-26)23-14-18-8-6-11-21(19-15-31-35(2)16-19)24(18)27(37)36(23)20-9-4-3-5-10-20/h3-17H,1-2H3,(H3,29,32,33,34). The van der Waals surface area contributed by atoms with Crippen LogP contribution in [0.1, 0.15) is 18.7 Å². The van der Waals surface area contributed by atoms with E-state index in [0.29, 0.717) is 22.2 Å². The number of benzene rings is 2. The Hall–Kier alpha value is -5.05. The number of nitrogen functional groups attached to an aromatic ring is 1. The monoisotopic (exact) mass is 488 g/mol. The summed E-state index contributed by atoms with van der Waals surface area (Å²) >= 11 is 0. The van der Waals surface area contributed by atoms with E-state index in [1.165, 1.54) is 0 Å². The van der Waals surface area contributed by atoms with Gasteiger partial charge in [0.15, 0.2) is 5.82 Å². The fourth-order valence-electron chi connectivity index (χ4n) is 4.71. The second kappa shape index (κ2) is 8.87. The maximum absolute atomic E-state index is 14.2. The third-order valence-electron chi connectivity index (χ3n) is 6.37. The molecule has 4 heterocycles. The molecule has 182 valence electrons. The third kappa shape index (κ3) is 3.96. The van der Waals surface area contributed by atoms with Gasteiger partial charge in [-0.25, -0.2) is 4.98 Å². The Balaban J connectivity index is 1.57. The SMILES string of the molecule is CC(Nc1nc(N)nc2cccnc12)c1cc2cccc(-c3cnn(C)c3)c2c(=O)n1-c1ccccc1. The largest absolute Gasteiger partial charge is 0.368 e. The van der Waals surface area contributed by atoms with Gasteiger partial charge in [0.25, 0.3) is 5.56 Å². The summed E-state index contributed by atoms with van der Waals surface area (Å²) in [4.78, 5) is 27.4. The summed E-state index contributed by atoms with van der Waals surface area (Å²) in [7, 11) is 1.86. The van der Waals surface area contributed by atoms with E-state index in [9.17, 15) is 4.79 Å². The van der Waals surface area contributed by atoms with Crippen LogP contribution in [0.3, 0.4) is 0 Å². The van der Waals surface area contributed by atoms with Gasteiger partial charge in [-0.2, -0.15) is 10.1 Å². The number of nitrogens with two attached hydrogens (primary N) is 1. The lowest BCUT2D eigenvalue weighted by molar-refractivity contribution is 0.768. The number of aromatic nitrogens is 6. The molecule has 6 rings (SSSR count). The van der Waals surface area contributed by atoms with Crippen molar-refractivity contribution in [3.63, 3.8) is 0 Å². The number of fused-ring (bicyclic) bond motifs is 2. The third-order valence-corrected chi connectivity index (χ3v) is 6.37. The van der Waals surface area contributed by atoms with E-state index >= 15 is 0 Å². The van der Waals surface area contributed by atoms with Crippen molar-refractivity contribution in [2.24, 2.45) is 7.05 Å². The maximum atomic E-state index is 14.2. The molecule has 6 aromatic rings. The lowest BCUT2D eigenvalue weighted by Crippen LogP contribution is -2.26. The molecule has 0 aliphatic rings. The normalized spacial score (nSPS) is 12.2. The molecule has 0 aliphatic carbocycles. The molecule has 2 aromatic carbocycles. The zero-order chi connectivity index (χ0) is 25.5. The zero-order valence-corrected chi connectivity index (χ0v) is 20.3. The van der Waals surface area contributed by atoms with E-state index < -0.39 is 0 Å². The van der Waals surface area contributed by atoms with Crippen LogP contribution in [0.25, 0.3) is 38.6 Å². The van der Waals surface area contributed by atoms with Crippen LogP contribution < -0.4 is 16.6 Å². The first-order valence-electron chi connectivity index (χ1n) is 11.9. The van der Waals surface area contributed by atoms with Gasteiger partial charge in [0.05, 0.1) is 23.1 Å². The first-order chi connectivity index (χ1) is 18.0. The summed E-state index contributed by atoms with van der Waals surface area (Å²) in [5.74, 6) is 0.655. The van der Waals surface area contributed by atoms with Gasteiger partial charge in [-0.15, -0.1) is 0 Å². The zero-order valence-electron chi connectivity index (χ0n) is 20.3. The number of hydrogen-bond donors (Lipinski definition) is 2. The number of para-hydroxylation sites is 1. The molecule has 0 spiro atoms. The highest BCUT2D eigenvalue weighted by Gasteiger charge is 2.20. The van der Waals surface area contributed by atoms with Crippen molar-refractivity contribution < 1.29 is 0 Å². The molecular weight excluding hydrogens is 464 g/mol. The summed E-state index contributed by atoms with van der Waals surface area (Å²) in [6.45, 7) is 1.98. The van der Waals surface area contributed by atoms with Crippen molar-refractivity contribution in [3.8, 4) is 16.8 Å². The van der Waals surface area contributed by atoms with Gasteiger partial charge in [-0.05, 0) is 48.2 Å². The smallest absolute Gasteiger partial charge is 0.263 e. The first kappa shape index (κ1) is 22.4. The molecule has 0 saturated carbocycles. The van der Waals surface area contributed by atoms with Crippen molar-refractivity contribution >= 4 is 33.6 Å². The molecule has 0 aliphatic heterocycles. The Morgan fingerprint density at radius 2 is 1.84 bits per heavy atom. The lowest BCUT2D eigenvalue weighted by Gasteiger charge is -2.22. The number of nitrogens with one attached hydrogen (secondary N) is 1. The van der Waals surface area contributed by atoms with Crippen LogP contribution in [0.2, 0.25) is 0 Å². The van der Waals surface area contributed by atoms with E-state index in [1.807, 2.05) is 80.8 Å². The molecule has 9 nitrogen and oxygen atoms in total. The van der Waals surface area contributed by atoms with Crippen LogP contribution in [0, 0.1) is 0 Å². The van der Waals surface area contributed by atoms with E-state index in [4.69, 9.17) is 5.73 Å². The molecule has 4 aromatic heterocycles. The average molecular weight is 489 g/mol. The number of hydrogen-bond acceptors (Lipinski definition) is 7. The van der Waals surface area contributed by atoms with Gasteiger partial charge in [0.1, 0.15) is 5.52 Å². The summed E-state index contributed by atoms with van der Waals surface area (Å²) in [5, 5.41) is 9.20. The number of rotatable bonds is 5. The van der Waals surface area contributed by atoms with Crippen molar-refractivity contribution in [1.29, 1.82) is 0 Å². The minimum absolute atomic E-state index is 0.114. The average Bonchev–Trinajstić information content (AvgIpc) is 3.34. The van der Waals surface area contributed by atoms with Gasteiger partial charge >= 0.3 is 0 Å². The molecule has 0 saturated heterocycles. The topological polar surface area (TPSA) is 117 Å². The van der Waals surface area contributed by atoms with Gasteiger partial charge < -0.3 is 11.1 Å². The van der Waals surface area contributed by atoms with Crippen molar-refractivity contribution in [2.75, 3.05) is 11.1 Å². The van der Waals surface area contributed by atoms with Gasteiger partial charge in [-0.1, -0.05) is 36.4 Å². The first-order valence-corrected chi connectivity index (χ1v) is 11.9. The van der Waals surface area contributed by atoms with E-state index in [2.05, 4.69) is 25.4 Å². The second-order valence-corrected chi connectivity index (χ2v) is 8.89. The Morgan fingerprint density at radius 1 is 1.00 bits per heavy atom. The highest BCUT2D eigenvalue weighted by molar-refractivity contribution is 5.96. The molecule has 0 amide bonds. The van der Waals surface area contributed by atoms with Gasteiger partial charge in [-0.3, -0.25) is 19.0 Å². The Labute approximate surface area is 212 Å². The molecule has 0 fully saturated rings. The number of anilines is 2. The quantitative estimate of drug-likeness (QED) is 0.367. The molecule has 37 heavy (non-hydrogen) atoms. The molecule has 0 radical (unpaired) electrons. The molecule has 3 N–H and O–H groups in total. The van der Waals surface area contributed by atoms with Crippen LogP contribution in [0.4, 0.5) is 11.8 Å². The molecular formula is C28H24N8O. The summed E-state index contributed by atoms with van der Waals surface area (Å²) in [6, 6.07) is 20.9. The van der Waals surface area contributed by atoms with E-state index in [-0.39, 0.29) is 17.5 Å². The summed E-state index contributed by atoms with van der Waals surface area (Å²) < 4.78 is 3.48. The number of pyridine rings is 2. The highest BCUT2D eigenvalue weighted by Crippen LogP contribution is 2.30. The Bertz CT molecular complexity index is 1820. The van der Waals surface area contributed by atoms with Gasteiger partial charge in [0, 0.05) is 36.4 Å². The van der Waals surface area contributed by atoms with E-state index in [1.54, 1.807) is 27.7 Å². The summed E-state index contributed by atoms with van der Waals surface area (Å²) in [6.07, 6.45) is 5.38. The van der Waals surface area contributed by atoms with Crippen LogP contribution in [-0.2, 0) is 7.05 Å². The molecule has 1 atom stereocenters. The molecule has 1 unspecified atom stereocenters. The molecule has 0 bridgehead atoms. The van der Waals surface area contributed by atoms with Crippen molar-refractivity contribution in [1.82, 2.24) is 29.3 Å². The highest BCUT2D eigenvalue weighted by atomic mass is 16.1. The van der Waals surface area contributed by atoms with Crippen LogP contribution in [0.5, 0.6) is 0 Å². The lowest BCUT2D eigenvalue weighted by atomic mass is 9.99. The van der Waals surface area contributed by atoms with Crippen LogP contribution >= 0.6 is 0 Å². The maximum Gasteiger partial charge on any atom is 0.263 e. The predicted molar refractivity (Wildman–Crippen MR) is 146 cm³/mol. The van der Waals surface area contributed by atoms with Crippen LogP contribution in [0.15, 0.2) is 90.1 Å². The fraction of sp³-hybridized carbons (Fsp3) is 0.107. The number of nitrogens with zero attached hydrogens (tertiary/aromatic N) is 6. The van der Waals surface area contributed by atoms with Crippen LogP contribution in [-0.4, -0.2) is 29.3 Å². The van der Waals surface area contributed by atoms with Crippen molar-refractivity contribution in [3.05, 3.63) is 101 Å². The van der Waals surface area contributed by atoms with Crippen molar-refractivity contribution in [2.45, 2.75) is 13.0 Å². The molecule has 9 heteroatoms. The summed E-state index contributed by atoms with van der Waals surface area (Å²) in [5.41, 5.74) is 10.4.